The number of carboxylic acid groups (broad SMARTS) is 1. The highest BCUT2D eigenvalue weighted by Crippen LogP contribution is 2.67. The van der Waals surface area contributed by atoms with Crippen molar-refractivity contribution in [3.8, 4) is 0 Å². The molecule has 0 bridgehead atoms. The molecule has 24 heteroatoms. The van der Waals surface area contributed by atoms with Crippen molar-refractivity contribution in [3.05, 3.63) is 0 Å². The third kappa shape index (κ3) is 10.1. The molecule has 0 radical (unpaired) electrons. The number of hydrogen-bond donors (Lipinski definition) is 8. The van der Waals surface area contributed by atoms with Crippen molar-refractivity contribution in [2.24, 2.45) is 21.7 Å². The fourth-order valence-electron chi connectivity index (χ4n) is 17.7. The molecule has 5 unspecified atom stereocenters. The van der Waals surface area contributed by atoms with Crippen LogP contribution in [0.25, 0.3) is 0 Å². The molecule has 0 aromatic rings. The van der Waals surface area contributed by atoms with Gasteiger partial charge in [0.1, 0.15) is 67.2 Å². The quantitative estimate of drug-likeness (QED) is 0.0533. The maximum Gasteiger partial charge on any atom is 0.338 e. The number of ether oxygens (including phenoxy) is 13. The van der Waals surface area contributed by atoms with Gasteiger partial charge < -0.3 is 102 Å². The molecule has 5 fully saturated rings. The number of carbonyl (C=O) groups is 3. The van der Waals surface area contributed by atoms with Gasteiger partial charge in [-0.3, -0.25) is 9.59 Å². The molecule has 0 aliphatic carbocycles. The molecule has 21 atom stereocenters. The van der Waals surface area contributed by atoms with E-state index in [2.05, 4.69) is 0 Å². The van der Waals surface area contributed by atoms with Crippen LogP contribution >= 0.6 is 0 Å². The average molecular weight is 1350 g/mol. The van der Waals surface area contributed by atoms with Crippen LogP contribution in [0.15, 0.2) is 0 Å². The van der Waals surface area contributed by atoms with Crippen LogP contribution in [-0.4, -0.2) is 237 Å². The van der Waals surface area contributed by atoms with Crippen LogP contribution in [0.3, 0.4) is 0 Å². The van der Waals surface area contributed by atoms with E-state index in [9.17, 15) is 55.2 Å². The maximum atomic E-state index is 13.6. The van der Waals surface area contributed by atoms with E-state index in [-0.39, 0.29) is 46.1 Å². The van der Waals surface area contributed by atoms with E-state index in [0.29, 0.717) is 0 Å². The topological polar surface area (TPSA) is 333 Å². The minimum atomic E-state index is -2.46. The lowest BCUT2D eigenvalue weighted by molar-refractivity contribution is -0.497. The van der Waals surface area contributed by atoms with Gasteiger partial charge in [0.25, 0.3) is 0 Å². The molecule has 5 rings (SSSR count). The summed E-state index contributed by atoms with van der Waals surface area (Å²) in [5.41, 5.74) is -42.1. The molecule has 24 nitrogen and oxygen atoms in total. The fourth-order valence-corrected chi connectivity index (χ4v) is 17.7. The summed E-state index contributed by atoms with van der Waals surface area (Å²) in [7, 11) is 2.72. The van der Waals surface area contributed by atoms with Crippen LogP contribution in [0.5, 0.6) is 0 Å². The van der Waals surface area contributed by atoms with E-state index in [1.54, 1.807) is 111 Å². The van der Waals surface area contributed by atoms with Crippen LogP contribution < -0.4 is 0 Å². The summed E-state index contributed by atoms with van der Waals surface area (Å²) in [5.74, 6) is -5.32. The summed E-state index contributed by atoms with van der Waals surface area (Å²) in [4.78, 5) is 39.6. The number of methoxy groups -OCH3 is 2. The minimum Gasteiger partial charge on any atom is -0.479 e. The number of carbonyl (C=O) groups excluding carboxylic acids is 2. The third-order valence-corrected chi connectivity index (χ3v) is 28.7. The van der Waals surface area contributed by atoms with Gasteiger partial charge in [0.05, 0.1) is 95.9 Å². The van der Waals surface area contributed by atoms with Crippen molar-refractivity contribution in [1.29, 1.82) is 0 Å². The van der Waals surface area contributed by atoms with Crippen LogP contribution in [0.1, 0.15) is 228 Å². The number of aliphatic carboxylic acids is 1. The number of hydrogen-bond acceptors (Lipinski definition) is 23. The molecule has 8 N–H and O–H groups in total. The lowest BCUT2D eigenvalue weighted by Gasteiger charge is -2.72. The van der Waals surface area contributed by atoms with Gasteiger partial charge in [-0.25, -0.2) is 4.79 Å². The molecular weight excluding hydrogens is 1220 g/mol. The van der Waals surface area contributed by atoms with Gasteiger partial charge in [-0.1, -0.05) is 34.6 Å². The summed E-state index contributed by atoms with van der Waals surface area (Å²) in [6, 6.07) is 0. The van der Waals surface area contributed by atoms with E-state index in [0.717, 1.165) is 0 Å². The molecule has 94 heavy (non-hydrogen) atoms. The lowest BCUT2D eigenvalue weighted by Crippen LogP contribution is -2.89. The van der Waals surface area contributed by atoms with Gasteiger partial charge in [-0.15, -0.1) is 0 Å². The second kappa shape index (κ2) is 23.1. The summed E-state index contributed by atoms with van der Waals surface area (Å²) in [5, 5.41) is 101. The number of esters is 2. The van der Waals surface area contributed by atoms with Crippen molar-refractivity contribution in [3.63, 3.8) is 0 Å². The summed E-state index contributed by atoms with van der Waals surface area (Å²) in [6.45, 7) is 49.0. The number of aliphatic hydroxyl groups is 7. The van der Waals surface area contributed by atoms with Crippen LogP contribution in [0, 0.1) is 21.7 Å². The first-order chi connectivity index (χ1) is 41.3. The van der Waals surface area contributed by atoms with Crippen LogP contribution in [-0.2, 0) is 76.0 Å². The van der Waals surface area contributed by atoms with Crippen LogP contribution in [0.2, 0.25) is 0 Å². The first-order valence-electron chi connectivity index (χ1n) is 33.0. The largest absolute Gasteiger partial charge is 0.479 e. The zero-order chi connectivity index (χ0) is 74.1. The van der Waals surface area contributed by atoms with Gasteiger partial charge in [-0.2, -0.15) is 0 Å². The predicted octanol–water partition coefficient (Wildman–Crippen LogP) is 7.06. The fraction of sp³-hybridized carbons (Fsp3) is 0.957. The SMILES string of the molecule is CC[C@]1(C)OC(C)(C)[C@@](C)(COC[C@]2(C)OC(C)(C)[C@@](C)(COC[C@]3(C)OC(C)(C)[C@@](C)(COC[C@]4(C)OC(C)(C)[C@@](C)(COC)[C@](C)(OC(C)=O)C4(C)O)[C@@](C)(O)C3(C)O)[C@](C)(OC(C)=O)C2(C)O)[C@@](C)(O)C1(C)O[C@]1(C)O[C@](C)(C(=O)O)[C@@](C)(OC)[C@@](C)(O)C1(C)O. The smallest absolute Gasteiger partial charge is 0.338 e. The Balaban J connectivity index is 1.46. The van der Waals surface area contributed by atoms with Gasteiger partial charge in [0, 0.05) is 28.1 Å². The Kier molecular flexibility index (Phi) is 20.2. The molecule has 0 aromatic heterocycles. The Morgan fingerprint density at radius 1 is 0.340 bits per heavy atom. The zero-order valence-electron chi connectivity index (χ0n) is 63.8. The normalized spacial score (nSPS) is 52.2. The summed E-state index contributed by atoms with van der Waals surface area (Å²) in [6.07, 6.45) is 0.196. The Labute approximate surface area is 560 Å². The van der Waals surface area contributed by atoms with Gasteiger partial charge in [0.15, 0.2) is 22.6 Å². The van der Waals surface area contributed by atoms with Crippen molar-refractivity contribution in [2.75, 3.05) is 60.5 Å². The second-order valence-electron chi connectivity index (χ2n) is 34.5. The van der Waals surface area contributed by atoms with Crippen LogP contribution in [0.4, 0.5) is 0 Å². The Morgan fingerprint density at radius 2 is 0.649 bits per heavy atom. The average Bonchev–Trinajstić information content (AvgIpc) is 0.686. The summed E-state index contributed by atoms with van der Waals surface area (Å²) >= 11 is 0. The highest BCUT2D eigenvalue weighted by atomic mass is 16.8. The van der Waals surface area contributed by atoms with Gasteiger partial charge in [0.2, 0.25) is 0 Å². The van der Waals surface area contributed by atoms with Crippen molar-refractivity contribution in [1.82, 2.24) is 0 Å². The molecule has 5 aliphatic heterocycles. The maximum absolute atomic E-state index is 13.6. The second-order valence-corrected chi connectivity index (χ2v) is 34.5. The molecule has 5 saturated heterocycles. The molecule has 0 aromatic carbocycles. The van der Waals surface area contributed by atoms with Gasteiger partial charge >= 0.3 is 17.9 Å². The van der Waals surface area contributed by atoms with Crippen molar-refractivity contribution < 1.29 is 117 Å². The standard InChI is InChI=1S/C70H126O24/c1-35-54(16)68(30,94-70(32)65(27,81)64(26,80)69(31,83-34)58(20,93-70)45(73)74)60(22,76)51(13,47(6,7)89-54)38-85-42-57(19)63(25,79)67(29,88-44(3)72)53(15,49(10,11)92-57)39-86-40-55(17)61(23,77)59(21,75)50(12,46(4,5)90-55)37-84-41-56(18)62(24,78)66(28,87-43(2)71)52(14,36-82-33)48(8,9)91-56/h75-81H,35-42H2,1-34H3,(H,73,74)/t50-,51-,52-,53-,54+,55+,56+,57+,58-,59-,60-,61?,62?,63?,64+,65?,66+,67+,68?,69-,70+/m1/s1. The van der Waals surface area contributed by atoms with E-state index in [4.69, 9.17) is 61.6 Å². The monoisotopic (exact) mass is 1350 g/mol. The van der Waals surface area contributed by atoms with Crippen molar-refractivity contribution >= 4 is 17.9 Å². The van der Waals surface area contributed by atoms with E-state index >= 15 is 0 Å². The Morgan fingerprint density at radius 3 is 0.968 bits per heavy atom. The molecule has 550 valence electrons. The van der Waals surface area contributed by atoms with E-state index in [1.165, 1.54) is 97.3 Å². The third-order valence-electron chi connectivity index (χ3n) is 28.7. The molecule has 0 spiro atoms. The number of rotatable bonds is 21. The zero-order valence-corrected chi connectivity index (χ0v) is 63.8. The Bertz CT molecular complexity index is 2880. The van der Waals surface area contributed by atoms with Gasteiger partial charge in [-0.05, 0) is 180 Å². The highest BCUT2D eigenvalue weighted by molar-refractivity contribution is 5.80. The molecular formula is C70H126O24. The molecule has 5 aliphatic rings. The highest BCUT2D eigenvalue weighted by Gasteiger charge is 2.83. The lowest BCUT2D eigenvalue weighted by atomic mass is 9.52. The molecule has 5 heterocycles. The van der Waals surface area contributed by atoms with E-state index < -0.39 is 164 Å². The first kappa shape index (κ1) is 82.4. The van der Waals surface area contributed by atoms with Crippen molar-refractivity contribution in [2.45, 2.75) is 346 Å². The minimum absolute atomic E-state index is 0.0601. The number of carboxylic acids is 1. The summed E-state index contributed by atoms with van der Waals surface area (Å²) < 4.78 is 85.2. The van der Waals surface area contributed by atoms with E-state index in [1.807, 2.05) is 27.7 Å². The Hall–Kier alpha value is -2.31. The molecule has 0 saturated carbocycles. The molecule has 0 amide bonds. The first-order valence-corrected chi connectivity index (χ1v) is 33.0. The predicted molar refractivity (Wildman–Crippen MR) is 346 cm³/mol.